The van der Waals surface area contributed by atoms with E-state index < -0.39 is 0 Å². The van der Waals surface area contributed by atoms with Crippen LogP contribution in [0.2, 0.25) is 0 Å². The number of pyridine rings is 1. The lowest BCUT2D eigenvalue weighted by Gasteiger charge is -2.07. The van der Waals surface area contributed by atoms with E-state index in [9.17, 15) is 0 Å². The highest BCUT2D eigenvalue weighted by Crippen LogP contribution is 2.16. The summed E-state index contributed by atoms with van der Waals surface area (Å²) in [6.45, 7) is 2.39. The highest BCUT2D eigenvalue weighted by Gasteiger charge is 2.07. The summed E-state index contributed by atoms with van der Waals surface area (Å²) >= 11 is 0. The Kier molecular flexibility index (Phi) is 3.81. The van der Waals surface area contributed by atoms with Crippen molar-refractivity contribution < 1.29 is 4.74 Å². The number of anilines is 1. The first-order chi connectivity index (χ1) is 8.72. The second kappa shape index (κ2) is 5.52. The number of hydrazine groups is 1. The molecule has 2 heterocycles. The van der Waals surface area contributed by atoms with Crippen LogP contribution >= 0.6 is 0 Å². The molecule has 0 fully saturated rings. The number of nitrogen functional groups attached to an aromatic ring is 1. The van der Waals surface area contributed by atoms with Crippen LogP contribution in [0.5, 0.6) is 0 Å². The van der Waals surface area contributed by atoms with Crippen molar-refractivity contribution in [1.29, 1.82) is 0 Å². The van der Waals surface area contributed by atoms with Crippen molar-refractivity contribution in [2.24, 2.45) is 5.84 Å². The summed E-state index contributed by atoms with van der Waals surface area (Å²) in [7, 11) is 1.61. The van der Waals surface area contributed by atoms with Gasteiger partial charge in [-0.1, -0.05) is 0 Å². The molecule has 18 heavy (non-hydrogen) atoms. The molecule has 0 unspecified atom stereocenters. The van der Waals surface area contributed by atoms with Gasteiger partial charge >= 0.3 is 0 Å². The number of methoxy groups -OCH3 is 1. The third kappa shape index (κ3) is 2.79. The largest absolute Gasteiger partial charge is 0.378 e. The summed E-state index contributed by atoms with van der Waals surface area (Å²) < 4.78 is 5.06. The summed E-state index contributed by atoms with van der Waals surface area (Å²) in [5, 5.41) is 0. The highest BCUT2D eigenvalue weighted by atomic mass is 16.5. The number of hydrogen-bond acceptors (Lipinski definition) is 6. The summed E-state index contributed by atoms with van der Waals surface area (Å²) in [6, 6.07) is 5.58. The van der Waals surface area contributed by atoms with Gasteiger partial charge in [-0.2, -0.15) is 0 Å². The molecule has 2 aromatic heterocycles. The van der Waals surface area contributed by atoms with Crippen LogP contribution in [-0.4, -0.2) is 22.1 Å². The number of nitrogens with zero attached hydrogens (tertiary/aromatic N) is 3. The SMILES string of the molecule is COCc1cc(NN)nc(-c2cc(C)ccn2)n1. The van der Waals surface area contributed by atoms with Crippen molar-refractivity contribution in [3.05, 3.63) is 35.7 Å². The Morgan fingerprint density at radius 2 is 2.17 bits per heavy atom. The van der Waals surface area contributed by atoms with Crippen molar-refractivity contribution in [2.45, 2.75) is 13.5 Å². The van der Waals surface area contributed by atoms with Gasteiger partial charge in [0.1, 0.15) is 11.5 Å². The molecule has 0 aromatic carbocycles. The van der Waals surface area contributed by atoms with E-state index >= 15 is 0 Å². The zero-order valence-corrected chi connectivity index (χ0v) is 10.3. The lowest BCUT2D eigenvalue weighted by atomic mass is 10.2. The number of nitrogens with two attached hydrogens (primary N) is 1. The van der Waals surface area contributed by atoms with E-state index in [1.807, 2.05) is 19.1 Å². The van der Waals surface area contributed by atoms with Crippen LogP contribution in [0.3, 0.4) is 0 Å². The number of aromatic nitrogens is 3. The first-order valence-corrected chi connectivity index (χ1v) is 5.49. The maximum absolute atomic E-state index is 5.39. The Balaban J connectivity index is 2.46. The van der Waals surface area contributed by atoms with Crippen molar-refractivity contribution >= 4 is 5.82 Å². The van der Waals surface area contributed by atoms with Gasteiger partial charge in [0.2, 0.25) is 0 Å². The van der Waals surface area contributed by atoms with Gasteiger partial charge in [0.25, 0.3) is 0 Å². The van der Waals surface area contributed by atoms with Crippen molar-refractivity contribution in [1.82, 2.24) is 15.0 Å². The van der Waals surface area contributed by atoms with Gasteiger partial charge in [0, 0.05) is 19.4 Å². The van der Waals surface area contributed by atoms with Crippen LogP contribution in [0.15, 0.2) is 24.4 Å². The molecule has 0 amide bonds. The predicted molar refractivity (Wildman–Crippen MR) is 68.5 cm³/mol. The molecule has 0 saturated heterocycles. The van der Waals surface area contributed by atoms with Crippen LogP contribution in [0, 0.1) is 6.92 Å². The van der Waals surface area contributed by atoms with Crippen molar-refractivity contribution in [2.75, 3.05) is 12.5 Å². The minimum atomic E-state index is 0.399. The summed E-state index contributed by atoms with van der Waals surface area (Å²) in [5.41, 5.74) is 5.08. The molecule has 0 saturated carbocycles. The van der Waals surface area contributed by atoms with Crippen LogP contribution in [0.1, 0.15) is 11.3 Å². The molecule has 0 aliphatic carbocycles. The van der Waals surface area contributed by atoms with Crippen molar-refractivity contribution in [3.63, 3.8) is 0 Å². The molecule has 0 bridgehead atoms. The lowest BCUT2D eigenvalue weighted by Crippen LogP contribution is -2.11. The van der Waals surface area contributed by atoms with Gasteiger partial charge in [-0.3, -0.25) is 4.98 Å². The van der Waals surface area contributed by atoms with E-state index in [0.717, 1.165) is 11.3 Å². The number of nitrogens with one attached hydrogen (secondary N) is 1. The fourth-order valence-corrected chi connectivity index (χ4v) is 1.57. The summed E-state index contributed by atoms with van der Waals surface area (Å²) in [5.74, 6) is 6.46. The Morgan fingerprint density at radius 1 is 1.33 bits per heavy atom. The quantitative estimate of drug-likeness (QED) is 0.623. The number of ether oxygens (including phenoxy) is 1. The standard InChI is InChI=1S/C12H15N5O/c1-8-3-4-14-10(5-8)12-15-9(7-18-2)6-11(16-12)17-13/h3-6H,7,13H2,1-2H3,(H,15,16,17). The maximum atomic E-state index is 5.39. The Labute approximate surface area is 105 Å². The molecule has 0 aliphatic heterocycles. The normalized spacial score (nSPS) is 10.4. The first kappa shape index (κ1) is 12.4. The molecule has 94 valence electrons. The summed E-state index contributed by atoms with van der Waals surface area (Å²) in [6.07, 6.45) is 1.73. The lowest BCUT2D eigenvalue weighted by molar-refractivity contribution is 0.181. The molecule has 0 radical (unpaired) electrons. The van der Waals surface area contributed by atoms with Gasteiger partial charge < -0.3 is 10.2 Å². The van der Waals surface area contributed by atoms with Crippen molar-refractivity contribution in [3.8, 4) is 11.5 Å². The van der Waals surface area contributed by atoms with Gasteiger partial charge in [-0.25, -0.2) is 15.8 Å². The van der Waals surface area contributed by atoms with E-state index in [4.69, 9.17) is 10.6 Å². The van der Waals surface area contributed by atoms with Gasteiger partial charge in [0.05, 0.1) is 12.3 Å². The van der Waals surface area contributed by atoms with Gasteiger partial charge in [-0.05, 0) is 24.6 Å². The molecule has 0 atom stereocenters. The van der Waals surface area contributed by atoms with E-state index in [1.165, 1.54) is 0 Å². The summed E-state index contributed by atoms with van der Waals surface area (Å²) in [4.78, 5) is 12.9. The molecule has 0 aliphatic rings. The van der Waals surface area contributed by atoms with E-state index in [2.05, 4.69) is 20.4 Å². The van der Waals surface area contributed by atoms with E-state index in [1.54, 1.807) is 19.4 Å². The molecular weight excluding hydrogens is 230 g/mol. The Bertz CT molecular complexity index is 544. The Hall–Kier alpha value is -2.05. The molecule has 3 N–H and O–H groups in total. The van der Waals surface area contributed by atoms with Gasteiger partial charge in [-0.15, -0.1) is 0 Å². The average molecular weight is 245 g/mol. The first-order valence-electron chi connectivity index (χ1n) is 5.49. The van der Waals surface area contributed by atoms with Crippen LogP contribution < -0.4 is 11.3 Å². The second-order valence-electron chi connectivity index (χ2n) is 3.86. The minimum absolute atomic E-state index is 0.399. The Morgan fingerprint density at radius 3 is 2.83 bits per heavy atom. The van der Waals surface area contributed by atoms with Crippen LogP contribution in [0.4, 0.5) is 5.82 Å². The predicted octanol–water partition coefficient (Wildman–Crippen LogP) is 1.28. The van der Waals surface area contributed by atoms with E-state index in [0.29, 0.717) is 23.9 Å². The molecule has 2 rings (SSSR count). The topological polar surface area (TPSA) is 86.0 Å². The van der Waals surface area contributed by atoms with E-state index in [-0.39, 0.29) is 0 Å². The third-order valence-electron chi connectivity index (χ3n) is 2.36. The fraction of sp³-hybridized carbons (Fsp3) is 0.250. The molecule has 2 aromatic rings. The monoisotopic (exact) mass is 245 g/mol. The number of hydrogen-bond donors (Lipinski definition) is 2. The number of aryl methyl sites for hydroxylation is 1. The van der Waals surface area contributed by atoms with Crippen LogP contribution in [-0.2, 0) is 11.3 Å². The zero-order valence-electron chi connectivity index (χ0n) is 10.3. The molecule has 6 heteroatoms. The van der Waals surface area contributed by atoms with Crippen LogP contribution in [0.25, 0.3) is 11.5 Å². The van der Waals surface area contributed by atoms with Gasteiger partial charge in [0.15, 0.2) is 5.82 Å². The molecule has 0 spiro atoms. The average Bonchev–Trinajstić information content (AvgIpc) is 2.39. The zero-order chi connectivity index (χ0) is 13.0. The molecule has 6 nitrogen and oxygen atoms in total. The smallest absolute Gasteiger partial charge is 0.180 e. The third-order valence-corrected chi connectivity index (χ3v) is 2.36. The fourth-order valence-electron chi connectivity index (χ4n) is 1.57. The second-order valence-corrected chi connectivity index (χ2v) is 3.86. The maximum Gasteiger partial charge on any atom is 0.180 e. The minimum Gasteiger partial charge on any atom is -0.378 e. The molecular formula is C12H15N5O. The highest BCUT2D eigenvalue weighted by molar-refractivity contribution is 5.53. The number of rotatable bonds is 4.